The highest BCUT2D eigenvalue weighted by molar-refractivity contribution is 5.99. The van der Waals surface area contributed by atoms with Crippen molar-refractivity contribution in [3.63, 3.8) is 0 Å². The number of hydrogen-bond acceptors (Lipinski definition) is 2. The smallest absolute Gasteiger partial charge is 0.258 e. The van der Waals surface area contributed by atoms with Crippen LogP contribution in [0, 0.1) is 0 Å². The Balaban J connectivity index is 1.85. The van der Waals surface area contributed by atoms with Crippen LogP contribution < -0.4 is 5.73 Å². The molecule has 0 saturated carbocycles. The molecule has 4 nitrogen and oxygen atoms in total. The summed E-state index contributed by atoms with van der Waals surface area (Å²) in [7, 11) is 0. The van der Waals surface area contributed by atoms with Crippen molar-refractivity contribution in [2.45, 2.75) is 33.0 Å². The van der Waals surface area contributed by atoms with Gasteiger partial charge in [0.1, 0.15) is 5.82 Å². The number of amides is 1. The molecular formula is C16H19N3O. The highest BCUT2D eigenvalue weighted by Crippen LogP contribution is 2.26. The third kappa shape index (κ3) is 1.97. The van der Waals surface area contributed by atoms with E-state index in [-0.39, 0.29) is 11.9 Å². The second-order valence-electron chi connectivity index (χ2n) is 5.55. The van der Waals surface area contributed by atoms with E-state index >= 15 is 0 Å². The minimum Gasteiger partial charge on any atom is -0.384 e. The van der Waals surface area contributed by atoms with Crippen LogP contribution in [-0.4, -0.2) is 15.4 Å². The number of aromatic nitrogens is 1. The topological polar surface area (TPSA) is 51.3 Å². The number of benzene rings is 1. The fraction of sp³-hybridized carbons (Fsp3) is 0.312. The van der Waals surface area contributed by atoms with Gasteiger partial charge in [0.15, 0.2) is 0 Å². The summed E-state index contributed by atoms with van der Waals surface area (Å²) in [6, 6.07) is 10.2. The van der Waals surface area contributed by atoms with E-state index in [1.165, 1.54) is 11.1 Å². The number of carbonyl (C=O) groups is 1. The van der Waals surface area contributed by atoms with Crippen LogP contribution in [0.4, 0.5) is 5.82 Å². The number of nitrogens with two attached hydrogens (primary N) is 1. The lowest BCUT2D eigenvalue weighted by atomic mass is 10.1. The Morgan fingerprint density at radius 3 is 2.25 bits per heavy atom. The molecule has 1 aromatic heterocycles. The maximum atomic E-state index is 12.6. The molecule has 0 radical (unpaired) electrons. The highest BCUT2D eigenvalue weighted by atomic mass is 16.2. The van der Waals surface area contributed by atoms with Crippen molar-refractivity contribution in [3.05, 3.63) is 53.2 Å². The monoisotopic (exact) mass is 269 g/mol. The predicted molar refractivity (Wildman–Crippen MR) is 79.2 cm³/mol. The molecule has 2 heterocycles. The van der Waals surface area contributed by atoms with Crippen LogP contribution in [0.2, 0.25) is 0 Å². The quantitative estimate of drug-likeness (QED) is 0.911. The van der Waals surface area contributed by atoms with E-state index in [4.69, 9.17) is 5.73 Å². The van der Waals surface area contributed by atoms with Crippen molar-refractivity contribution in [1.29, 1.82) is 0 Å². The molecule has 1 aromatic carbocycles. The fourth-order valence-electron chi connectivity index (χ4n) is 2.74. The molecule has 1 aliphatic rings. The van der Waals surface area contributed by atoms with E-state index < -0.39 is 0 Å². The Labute approximate surface area is 118 Å². The first-order chi connectivity index (χ1) is 9.58. The first kappa shape index (κ1) is 12.8. The molecule has 1 amide bonds. The summed E-state index contributed by atoms with van der Waals surface area (Å²) < 4.78 is 1.93. The van der Waals surface area contributed by atoms with Crippen molar-refractivity contribution in [1.82, 2.24) is 9.47 Å². The van der Waals surface area contributed by atoms with E-state index in [2.05, 4.69) is 26.0 Å². The number of fused-ring (bicyclic) bond motifs is 1. The van der Waals surface area contributed by atoms with Crippen LogP contribution in [0.1, 0.15) is 41.4 Å². The molecule has 1 aliphatic heterocycles. The molecule has 0 unspecified atom stereocenters. The second kappa shape index (κ2) is 4.71. The van der Waals surface area contributed by atoms with E-state index in [0.717, 1.165) is 0 Å². The van der Waals surface area contributed by atoms with Gasteiger partial charge in [0.05, 0.1) is 5.56 Å². The van der Waals surface area contributed by atoms with Crippen molar-refractivity contribution in [2.75, 3.05) is 5.73 Å². The SMILES string of the molecule is CC(C)n1ccc(C(=O)N2Cc3ccccc3C2)c1N. The third-order valence-corrected chi connectivity index (χ3v) is 3.87. The van der Waals surface area contributed by atoms with Crippen LogP contribution in [0.3, 0.4) is 0 Å². The minimum atomic E-state index is 0.0121. The molecule has 0 atom stereocenters. The van der Waals surface area contributed by atoms with Gasteiger partial charge in [-0.1, -0.05) is 24.3 Å². The lowest BCUT2D eigenvalue weighted by Crippen LogP contribution is -2.26. The third-order valence-electron chi connectivity index (χ3n) is 3.87. The maximum absolute atomic E-state index is 12.6. The van der Waals surface area contributed by atoms with E-state index in [9.17, 15) is 4.79 Å². The first-order valence-corrected chi connectivity index (χ1v) is 6.90. The van der Waals surface area contributed by atoms with Crippen molar-refractivity contribution < 1.29 is 4.79 Å². The lowest BCUT2D eigenvalue weighted by Gasteiger charge is -2.16. The van der Waals surface area contributed by atoms with Crippen LogP contribution >= 0.6 is 0 Å². The summed E-state index contributed by atoms with van der Waals surface area (Å²) in [6.07, 6.45) is 1.89. The lowest BCUT2D eigenvalue weighted by molar-refractivity contribution is 0.0752. The molecule has 2 aromatic rings. The molecular weight excluding hydrogens is 250 g/mol. The van der Waals surface area contributed by atoms with E-state index in [0.29, 0.717) is 24.5 Å². The van der Waals surface area contributed by atoms with Gasteiger partial charge in [0.2, 0.25) is 0 Å². The van der Waals surface area contributed by atoms with Crippen LogP contribution in [0.5, 0.6) is 0 Å². The highest BCUT2D eigenvalue weighted by Gasteiger charge is 2.26. The van der Waals surface area contributed by atoms with Gasteiger partial charge in [-0.15, -0.1) is 0 Å². The molecule has 0 aliphatic carbocycles. The van der Waals surface area contributed by atoms with Gasteiger partial charge in [0.25, 0.3) is 5.91 Å². The Morgan fingerprint density at radius 1 is 1.15 bits per heavy atom. The van der Waals surface area contributed by atoms with Gasteiger partial charge < -0.3 is 15.2 Å². The number of carbonyl (C=O) groups excluding carboxylic acids is 1. The predicted octanol–water partition coefficient (Wildman–Crippen LogP) is 2.81. The van der Waals surface area contributed by atoms with Crippen molar-refractivity contribution >= 4 is 11.7 Å². The summed E-state index contributed by atoms with van der Waals surface area (Å²) in [5, 5.41) is 0. The summed E-state index contributed by atoms with van der Waals surface area (Å²) >= 11 is 0. The summed E-state index contributed by atoms with van der Waals surface area (Å²) in [5.41, 5.74) is 9.15. The van der Waals surface area contributed by atoms with Gasteiger partial charge in [-0.2, -0.15) is 0 Å². The normalized spacial score (nSPS) is 13.8. The molecule has 0 bridgehead atoms. The molecule has 104 valence electrons. The number of nitrogens with zero attached hydrogens (tertiary/aromatic N) is 2. The molecule has 3 rings (SSSR count). The Morgan fingerprint density at radius 2 is 1.75 bits per heavy atom. The van der Waals surface area contributed by atoms with Crippen molar-refractivity contribution in [2.24, 2.45) is 0 Å². The maximum Gasteiger partial charge on any atom is 0.258 e. The van der Waals surface area contributed by atoms with E-state index in [1.807, 2.05) is 33.9 Å². The Bertz CT molecular complexity index is 632. The zero-order valence-corrected chi connectivity index (χ0v) is 11.8. The summed E-state index contributed by atoms with van der Waals surface area (Å²) in [6.45, 7) is 5.44. The Hall–Kier alpha value is -2.23. The molecule has 20 heavy (non-hydrogen) atoms. The largest absolute Gasteiger partial charge is 0.384 e. The van der Waals surface area contributed by atoms with Gasteiger partial charge in [-0.25, -0.2) is 0 Å². The zero-order chi connectivity index (χ0) is 14.3. The van der Waals surface area contributed by atoms with Crippen LogP contribution in [0.25, 0.3) is 0 Å². The van der Waals surface area contributed by atoms with Gasteiger partial charge in [0, 0.05) is 25.3 Å². The van der Waals surface area contributed by atoms with Gasteiger partial charge in [-0.05, 0) is 31.0 Å². The van der Waals surface area contributed by atoms with Gasteiger partial charge in [-0.3, -0.25) is 4.79 Å². The first-order valence-electron chi connectivity index (χ1n) is 6.90. The summed E-state index contributed by atoms with van der Waals surface area (Å²) in [5.74, 6) is 0.569. The standard InChI is InChI=1S/C16H19N3O/c1-11(2)19-8-7-14(15(19)17)16(20)18-9-12-5-3-4-6-13(12)10-18/h3-8,11H,9-10,17H2,1-2H3. The van der Waals surface area contributed by atoms with E-state index in [1.54, 1.807) is 0 Å². The molecule has 2 N–H and O–H groups in total. The number of hydrogen-bond donors (Lipinski definition) is 1. The average molecular weight is 269 g/mol. The molecule has 4 heteroatoms. The number of rotatable bonds is 2. The zero-order valence-electron chi connectivity index (χ0n) is 11.8. The number of nitrogen functional groups attached to an aromatic ring is 1. The average Bonchev–Trinajstić information content (AvgIpc) is 3.01. The van der Waals surface area contributed by atoms with Gasteiger partial charge >= 0.3 is 0 Å². The van der Waals surface area contributed by atoms with Crippen LogP contribution in [0.15, 0.2) is 36.5 Å². The molecule has 0 fully saturated rings. The Kier molecular flexibility index (Phi) is 3.01. The van der Waals surface area contributed by atoms with Crippen molar-refractivity contribution in [3.8, 4) is 0 Å². The minimum absolute atomic E-state index is 0.0121. The number of anilines is 1. The fourth-order valence-corrected chi connectivity index (χ4v) is 2.74. The summed E-state index contributed by atoms with van der Waals surface area (Å²) in [4.78, 5) is 14.5. The second-order valence-corrected chi connectivity index (χ2v) is 5.55. The molecule has 0 spiro atoms. The van der Waals surface area contributed by atoms with Crippen LogP contribution in [-0.2, 0) is 13.1 Å². The molecule has 0 saturated heterocycles.